The molecule has 0 aliphatic heterocycles. The van der Waals surface area contributed by atoms with E-state index in [4.69, 9.17) is 0 Å². The Morgan fingerprint density at radius 2 is 1.05 bits per heavy atom. The van der Waals surface area contributed by atoms with Crippen LogP contribution in [0.3, 0.4) is 0 Å². The fourth-order valence-electron chi connectivity index (χ4n) is 9.72. The van der Waals surface area contributed by atoms with Crippen molar-refractivity contribution in [1.29, 1.82) is 0 Å². The van der Waals surface area contributed by atoms with Gasteiger partial charge < -0.3 is 4.57 Å². The van der Waals surface area contributed by atoms with E-state index in [1.54, 1.807) is 0 Å². The normalized spacial score (nSPS) is 17.1. The predicted octanol–water partition coefficient (Wildman–Crippen LogP) is 13.4. The van der Waals surface area contributed by atoms with Crippen LogP contribution < -0.4 is 10.4 Å². The summed E-state index contributed by atoms with van der Waals surface area (Å²) in [6.45, 7) is 4.76. The van der Waals surface area contributed by atoms with Gasteiger partial charge in [-0.05, 0) is 139 Å². The van der Waals surface area contributed by atoms with Crippen LogP contribution in [0.4, 0.5) is 0 Å². The number of fused-ring (bicyclic) bond motifs is 6. The molecule has 0 bridgehead atoms. The molecular weight excluding hydrogens is 699 g/mol. The largest absolute Gasteiger partial charge is 0.310 e. The Labute approximate surface area is 340 Å². The van der Waals surface area contributed by atoms with E-state index in [0.29, 0.717) is 0 Å². The second-order valence-electron chi connectivity index (χ2n) is 16.4. The summed E-state index contributed by atoms with van der Waals surface area (Å²) in [5.74, 6) is 0. The Kier molecular flexibility index (Phi) is 8.05. The van der Waals surface area contributed by atoms with Gasteiger partial charge in [0, 0.05) is 21.9 Å². The highest BCUT2D eigenvalue weighted by Crippen LogP contribution is 2.51. The first-order valence-electron chi connectivity index (χ1n) is 20.5. The van der Waals surface area contributed by atoms with Crippen molar-refractivity contribution in [2.75, 3.05) is 0 Å². The van der Waals surface area contributed by atoms with Crippen molar-refractivity contribution < 1.29 is 0 Å². The number of rotatable bonds is 4. The zero-order chi connectivity index (χ0) is 38.8. The van der Waals surface area contributed by atoms with Crippen molar-refractivity contribution in [2.24, 2.45) is 0 Å². The summed E-state index contributed by atoms with van der Waals surface area (Å²) in [6.07, 6.45) is 17.8. The number of allylic oxidation sites excluding steroid dienone is 8. The molecule has 276 valence electrons. The SMILES string of the molecule is CC1(C)c2ccccc2-c2cc3c4cc(-c5cc(-c6ccccc6)cc(-c6ccccc6)c5)ccc4n(C4=CCC(=c5ccccc5=C5C=CC=CC5)C=C4)c3cc21. The lowest BCUT2D eigenvalue weighted by Gasteiger charge is -2.22. The van der Waals surface area contributed by atoms with E-state index in [9.17, 15) is 0 Å². The third-order valence-electron chi connectivity index (χ3n) is 12.7. The third-order valence-corrected chi connectivity index (χ3v) is 12.7. The molecule has 1 heterocycles. The molecule has 1 nitrogen and oxygen atoms in total. The highest BCUT2D eigenvalue weighted by molar-refractivity contribution is 6.14. The average molecular weight is 742 g/mol. The van der Waals surface area contributed by atoms with Gasteiger partial charge in [-0.25, -0.2) is 0 Å². The molecule has 0 saturated carbocycles. The van der Waals surface area contributed by atoms with Crippen LogP contribution in [0.2, 0.25) is 0 Å². The first-order chi connectivity index (χ1) is 28.5. The number of aromatic nitrogens is 1. The average Bonchev–Trinajstić information content (AvgIpc) is 3.73. The van der Waals surface area contributed by atoms with E-state index in [1.165, 1.54) is 105 Å². The van der Waals surface area contributed by atoms with Crippen molar-refractivity contribution in [2.45, 2.75) is 32.1 Å². The van der Waals surface area contributed by atoms with Gasteiger partial charge in [-0.3, -0.25) is 0 Å². The fraction of sp³-hybridized carbons (Fsp3) is 0.0877. The van der Waals surface area contributed by atoms with E-state index in [1.807, 2.05) is 0 Å². The maximum absolute atomic E-state index is 2.52. The van der Waals surface area contributed by atoms with Crippen LogP contribution in [0, 0.1) is 0 Å². The van der Waals surface area contributed by atoms with Crippen LogP contribution >= 0.6 is 0 Å². The molecule has 1 aromatic heterocycles. The highest BCUT2D eigenvalue weighted by atomic mass is 15.0. The van der Waals surface area contributed by atoms with Crippen molar-refractivity contribution in [3.8, 4) is 44.5 Å². The zero-order valence-electron chi connectivity index (χ0n) is 32.9. The number of nitrogens with zero attached hydrogens (tertiary/aromatic N) is 1. The molecule has 0 spiro atoms. The van der Waals surface area contributed by atoms with Gasteiger partial charge in [-0.15, -0.1) is 0 Å². The molecule has 58 heavy (non-hydrogen) atoms. The molecule has 0 N–H and O–H groups in total. The first kappa shape index (κ1) is 34.3. The van der Waals surface area contributed by atoms with E-state index in [0.717, 1.165) is 12.8 Å². The number of hydrogen-bond acceptors (Lipinski definition) is 0. The monoisotopic (exact) mass is 741 g/mol. The molecule has 8 aromatic rings. The van der Waals surface area contributed by atoms with Crippen LogP contribution in [-0.4, -0.2) is 4.57 Å². The summed E-state index contributed by atoms with van der Waals surface area (Å²) in [5.41, 5.74) is 19.1. The highest BCUT2D eigenvalue weighted by Gasteiger charge is 2.36. The summed E-state index contributed by atoms with van der Waals surface area (Å²) in [7, 11) is 0. The van der Waals surface area contributed by atoms with Gasteiger partial charge in [0.05, 0.1) is 11.0 Å². The van der Waals surface area contributed by atoms with Gasteiger partial charge in [0.1, 0.15) is 0 Å². The first-order valence-corrected chi connectivity index (χ1v) is 20.5. The van der Waals surface area contributed by atoms with Gasteiger partial charge in [0.2, 0.25) is 0 Å². The topological polar surface area (TPSA) is 4.93 Å². The molecule has 7 aromatic carbocycles. The molecule has 1 heteroatoms. The van der Waals surface area contributed by atoms with Crippen molar-refractivity contribution >= 4 is 38.6 Å². The van der Waals surface area contributed by atoms with Gasteiger partial charge >= 0.3 is 0 Å². The molecule has 0 radical (unpaired) electrons. The minimum absolute atomic E-state index is 0.0971. The lowest BCUT2D eigenvalue weighted by Crippen LogP contribution is -2.28. The Bertz CT molecular complexity index is 3160. The maximum Gasteiger partial charge on any atom is 0.0544 e. The van der Waals surface area contributed by atoms with Crippen LogP contribution in [-0.2, 0) is 5.41 Å². The number of hydrogen-bond donors (Lipinski definition) is 0. The third kappa shape index (κ3) is 5.61. The molecular formula is C57H43N. The predicted molar refractivity (Wildman–Crippen MR) is 247 cm³/mol. The van der Waals surface area contributed by atoms with Crippen LogP contribution in [0.25, 0.3) is 83.2 Å². The van der Waals surface area contributed by atoms with E-state index >= 15 is 0 Å². The Morgan fingerprint density at radius 1 is 0.431 bits per heavy atom. The molecule has 0 atom stereocenters. The molecule has 0 unspecified atom stereocenters. The van der Waals surface area contributed by atoms with Gasteiger partial charge in [-0.2, -0.15) is 0 Å². The van der Waals surface area contributed by atoms with E-state index in [-0.39, 0.29) is 5.41 Å². The van der Waals surface area contributed by atoms with E-state index in [2.05, 4.69) is 219 Å². The van der Waals surface area contributed by atoms with Crippen LogP contribution in [0.15, 0.2) is 200 Å². The maximum atomic E-state index is 2.52. The fourth-order valence-corrected chi connectivity index (χ4v) is 9.72. The quantitative estimate of drug-likeness (QED) is 0.169. The summed E-state index contributed by atoms with van der Waals surface area (Å²) >= 11 is 0. The molecule has 0 amide bonds. The summed E-state index contributed by atoms with van der Waals surface area (Å²) in [5, 5.41) is 5.20. The Balaban J connectivity index is 1.12. The molecule has 0 fully saturated rings. The standard InChI is InChI=1S/C57H43N/c1-57(2)53-25-15-14-24-49(53)50-36-52-51-35-42(45-33-43(38-16-6-3-7-17-38)32-44(34-45)39-18-8-4-9-19-39)28-31-55(51)58(56(52)37-54(50)57)46-29-26-41(27-30-46)48-23-13-12-22-47(48)40-20-10-5-11-21-40/h3-20,22-26,28-37H,21,27H2,1-2H3. The molecule has 0 saturated heterocycles. The minimum atomic E-state index is -0.0971. The Hall–Kier alpha value is -6.96. The van der Waals surface area contributed by atoms with Crippen LogP contribution in [0.1, 0.15) is 37.8 Å². The molecule has 3 aliphatic carbocycles. The Morgan fingerprint density at radius 3 is 1.71 bits per heavy atom. The van der Waals surface area contributed by atoms with Crippen molar-refractivity contribution in [3.05, 3.63) is 222 Å². The second-order valence-corrected chi connectivity index (χ2v) is 16.4. The zero-order valence-corrected chi connectivity index (χ0v) is 32.9. The molecule has 3 aliphatic rings. The van der Waals surface area contributed by atoms with Crippen molar-refractivity contribution in [1.82, 2.24) is 4.57 Å². The van der Waals surface area contributed by atoms with Gasteiger partial charge in [0.25, 0.3) is 0 Å². The number of benzene rings is 7. The smallest absolute Gasteiger partial charge is 0.0544 e. The van der Waals surface area contributed by atoms with Crippen LogP contribution in [0.5, 0.6) is 0 Å². The summed E-state index contributed by atoms with van der Waals surface area (Å²) in [4.78, 5) is 0. The summed E-state index contributed by atoms with van der Waals surface area (Å²) in [6, 6.07) is 58.6. The molecule has 11 rings (SSSR count). The second kappa shape index (κ2) is 13.6. The summed E-state index contributed by atoms with van der Waals surface area (Å²) < 4.78 is 2.52. The van der Waals surface area contributed by atoms with Gasteiger partial charge in [-0.1, -0.05) is 166 Å². The van der Waals surface area contributed by atoms with E-state index < -0.39 is 0 Å². The van der Waals surface area contributed by atoms with Crippen molar-refractivity contribution in [3.63, 3.8) is 0 Å². The lowest BCUT2D eigenvalue weighted by molar-refractivity contribution is 0.661. The van der Waals surface area contributed by atoms with Gasteiger partial charge in [0.15, 0.2) is 0 Å². The lowest BCUT2D eigenvalue weighted by atomic mass is 9.82. The minimum Gasteiger partial charge on any atom is -0.310 e.